The Balaban J connectivity index is 1.92. The number of nitrogens with one attached hydrogen (secondary N) is 1. The van der Waals surface area contributed by atoms with E-state index in [1.165, 1.54) is 0 Å². The molecule has 2 rings (SSSR count). The van der Waals surface area contributed by atoms with Crippen molar-refractivity contribution in [1.82, 2.24) is 5.32 Å². The molecule has 106 valence electrons. The van der Waals surface area contributed by atoms with Crippen LogP contribution in [0.4, 0.5) is 0 Å². The van der Waals surface area contributed by atoms with E-state index < -0.39 is 17.8 Å². The highest BCUT2D eigenvalue weighted by Crippen LogP contribution is 2.51. The third-order valence-corrected chi connectivity index (χ3v) is 4.82. The summed E-state index contributed by atoms with van der Waals surface area (Å²) in [5, 5.41) is 12.2. The molecule has 2 aliphatic rings. The van der Waals surface area contributed by atoms with Gasteiger partial charge in [-0.3, -0.25) is 9.59 Å². The molecule has 0 heterocycles. The lowest BCUT2D eigenvalue weighted by Gasteiger charge is -2.26. The fraction of sp³-hybridized carbons (Fsp3) is 0.733. The van der Waals surface area contributed by atoms with E-state index in [0.717, 1.165) is 12.8 Å². The Kier molecular flexibility index (Phi) is 3.97. The number of hydrogen-bond donors (Lipinski definition) is 2. The van der Waals surface area contributed by atoms with Crippen molar-refractivity contribution >= 4 is 11.9 Å². The number of allylic oxidation sites excluding steroid dienone is 2. The molecular weight excluding hydrogens is 242 g/mol. The number of carboxylic acids is 1. The Morgan fingerprint density at radius 2 is 1.84 bits per heavy atom. The molecule has 0 bridgehead atoms. The lowest BCUT2D eigenvalue weighted by molar-refractivity contribution is -0.147. The second-order valence-corrected chi connectivity index (χ2v) is 6.23. The van der Waals surface area contributed by atoms with Gasteiger partial charge in [-0.25, -0.2) is 0 Å². The predicted molar refractivity (Wildman–Crippen MR) is 72.5 cm³/mol. The number of carbonyl (C=O) groups excluding carboxylic acids is 1. The van der Waals surface area contributed by atoms with Gasteiger partial charge in [0.25, 0.3) is 0 Å². The minimum Gasteiger partial charge on any atom is -0.481 e. The number of aliphatic carboxylic acids is 1. The van der Waals surface area contributed by atoms with Crippen LogP contribution in [-0.4, -0.2) is 23.5 Å². The molecule has 0 unspecified atom stereocenters. The van der Waals surface area contributed by atoms with Gasteiger partial charge in [-0.1, -0.05) is 26.0 Å². The molecule has 0 aliphatic heterocycles. The van der Waals surface area contributed by atoms with E-state index in [2.05, 4.69) is 19.2 Å². The van der Waals surface area contributed by atoms with Crippen LogP contribution >= 0.6 is 0 Å². The van der Waals surface area contributed by atoms with Crippen LogP contribution in [0, 0.1) is 23.2 Å². The van der Waals surface area contributed by atoms with E-state index in [9.17, 15) is 14.7 Å². The van der Waals surface area contributed by atoms with Gasteiger partial charge in [-0.15, -0.1) is 0 Å². The number of rotatable bonds is 5. The first-order valence-electron chi connectivity index (χ1n) is 7.12. The molecule has 2 atom stereocenters. The van der Waals surface area contributed by atoms with Gasteiger partial charge in [0.1, 0.15) is 0 Å². The summed E-state index contributed by atoms with van der Waals surface area (Å²) in [4.78, 5) is 23.4. The molecule has 4 nitrogen and oxygen atoms in total. The zero-order chi connectivity index (χ0) is 14.0. The molecule has 2 aliphatic carbocycles. The third kappa shape index (κ3) is 2.99. The summed E-state index contributed by atoms with van der Waals surface area (Å²) in [6.45, 7) is 5.06. The minimum absolute atomic E-state index is 0.0938. The highest BCUT2D eigenvalue weighted by molar-refractivity contribution is 5.85. The SMILES string of the molecule is CC(C)C1(CNC(=O)[C@@H]2CC=CC[C@@H]2C(=O)O)CC1. The van der Waals surface area contributed by atoms with Crippen molar-refractivity contribution in [3.63, 3.8) is 0 Å². The smallest absolute Gasteiger partial charge is 0.307 e. The van der Waals surface area contributed by atoms with E-state index in [-0.39, 0.29) is 11.3 Å². The van der Waals surface area contributed by atoms with Gasteiger partial charge in [0, 0.05) is 6.54 Å². The molecule has 19 heavy (non-hydrogen) atoms. The molecule has 0 saturated heterocycles. The van der Waals surface area contributed by atoms with Crippen molar-refractivity contribution < 1.29 is 14.7 Å². The molecule has 0 aromatic carbocycles. The minimum atomic E-state index is -0.866. The van der Waals surface area contributed by atoms with Crippen molar-refractivity contribution in [2.45, 2.75) is 39.5 Å². The summed E-state index contributed by atoms with van der Waals surface area (Å²) >= 11 is 0. The summed E-state index contributed by atoms with van der Waals surface area (Å²) in [6, 6.07) is 0. The number of carbonyl (C=O) groups is 2. The van der Waals surface area contributed by atoms with Crippen LogP contribution in [0.25, 0.3) is 0 Å². The van der Waals surface area contributed by atoms with Gasteiger partial charge in [0.05, 0.1) is 11.8 Å². The molecule has 0 spiro atoms. The molecule has 0 aromatic rings. The largest absolute Gasteiger partial charge is 0.481 e. The maximum Gasteiger partial charge on any atom is 0.307 e. The van der Waals surface area contributed by atoms with Gasteiger partial charge >= 0.3 is 5.97 Å². The summed E-state index contributed by atoms with van der Waals surface area (Å²) in [6.07, 6.45) is 7.11. The average Bonchev–Trinajstić information content (AvgIpc) is 3.17. The molecule has 1 amide bonds. The first-order chi connectivity index (χ1) is 8.96. The van der Waals surface area contributed by atoms with Crippen LogP contribution in [0.2, 0.25) is 0 Å². The van der Waals surface area contributed by atoms with Crippen molar-refractivity contribution in [1.29, 1.82) is 0 Å². The van der Waals surface area contributed by atoms with E-state index in [0.29, 0.717) is 25.3 Å². The van der Waals surface area contributed by atoms with Gasteiger partial charge < -0.3 is 10.4 Å². The third-order valence-electron chi connectivity index (χ3n) is 4.82. The average molecular weight is 265 g/mol. The fourth-order valence-electron chi connectivity index (χ4n) is 2.89. The second-order valence-electron chi connectivity index (χ2n) is 6.23. The molecular formula is C15H23NO3. The van der Waals surface area contributed by atoms with Gasteiger partial charge in [0.2, 0.25) is 5.91 Å². The number of amides is 1. The normalized spacial score (nSPS) is 28.2. The molecule has 0 aromatic heterocycles. The monoisotopic (exact) mass is 265 g/mol. The van der Waals surface area contributed by atoms with E-state index in [1.807, 2.05) is 12.2 Å². The first-order valence-corrected chi connectivity index (χ1v) is 7.12. The highest BCUT2D eigenvalue weighted by Gasteiger charge is 2.46. The molecule has 0 radical (unpaired) electrons. The summed E-state index contributed by atoms with van der Waals surface area (Å²) in [7, 11) is 0. The van der Waals surface area contributed by atoms with Gasteiger partial charge in [0.15, 0.2) is 0 Å². The van der Waals surface area contributed by atoms with E-state index in [1.54, 1.807) is 0 Å². The lowest BCUT2D eigenvalue weighted by atomic mass is 9.82. The Morgan fingerprint density at radius 1 is 1.26 bits per heavy atom. The zero-order valence-corrected chi connectivity index (χ0v) is 11.7. The number of carboxylic acid groups (broad SMARTS) is 1. The van der Waals surface area contributed by atoms with Gasteiger partial charge in [-0.2, -0.15) is 0 Å². The van der Waals surface area contributed by atoms with Crippen molar-refractivity contribution in [3.05, 3.63) is 12.2 Å². The quantitative estimate of drug-likeness (QED) is 0.749. The lowest BCUT2D eigenvalue weighted by Crippen LogP contribution is -2.41. The predicted octanol–water partition coefficient (Wildman–Crippen LogP) is 2.21. The fourth-order valence-corrected chi connectivity index (χ4v) is 2.89. The van der Waals surface area contributed by atoms with Crippen LogP contribution in [0.15, 0.2) is 12.2 Å². The maximum absolute atomic E-state index is 12.2. The Labute approximate surface area is 114 Å². The van der Waals surface area contributed by atoms with E-state index >= 15 is 0 Å². The van der Waals surface area contributed by atoms with Crippen LogP contribution in [0.5, 0.6) is 0 Å². The van der Waals surface area contributed by atoms with Crippen molar-refractivity contribution in [2.75, 3.05) is 6.54 Å². The molecule has 1 saturated carbocycles. The highest BCUT2D eigenvalue weighted by atomic mass is 16.4. The Hall–Kier alpha value is -1.32. The topological polar surface area (TPSA) is 66.4 Å². The summed E-state index contributed by atoms with van der Waals surface area (Å²) < 4.78 is 0. The van der Waals surface area contributed by atoms with Crippen molar-refractivity contribution in [3.8, 4) is 0 Å². The molecule has 4 heteroatoms. The van der Waals surface area contributed by atoms with Crippen LogP contribution in [0.3, 0.4) is 0 Å². The zero-order valence-electron chi connectivity index (χ0n) is 11.7. The molecule has 1 fully saturated rings. The standard InChI is InChI=1S/C15H23NO3/c1-10(2)15(7-8-15)9-16-13(17)11-5-3-4-6-12(11)14(18)19/h3-4,10-12H,5-9H2,1-2H3,(H,16,17)(H,18,19)/t11-,12+/m1/s1. The Bertz CT molecular complexity index is 396. The van der Waals surface area contributed by atoms with Crippen LogP contribution in [0.1, 0.15) is 39.5 Å². The van der Waals surface area contributed by atoms with Crippen molar-refractivity contribution in [2.24, 2.45) is 23.2 Å². The maximum atomic E-state index is 12.2. The molecule has 2 N–H and O–H groups in total. The summed E-state index contributed by atoms with van der Waals surface area (Å²) in [5.74, 6) is -1.38. The first kappa shape index (κ1) is 14.1. The van der Waals surface area contributed by atoms with Gasteiger partial charge in [-0.05, 0) is 37.0 Å². The summed E-state index contributed by atoms with van der Waals surface area (Å²) in [5.41, 5.74) is 0.263. The van der Waals surface area contributed by atoms with Crippen LogP contribution in [-0.2, 0) is 9.59 Å². The number of hydrogen-bond acceptors (Lipinski definition) is 2. The van der Waals surface area contributed by atoms with E-state index in [4.69, 9.17) is 0 Å². The second kappa shape index (κ2) is 5.35. The van der Waals surface area contributed by atoms with Crippen LogP contribution < -0.4 is 5.32 Å². The Morgan fingerprint density at radius 3 is 2.32 bits per heavy atom.